The lowest BCUT2D eigenvalue weighted by Crippen LogP contribution is -2.54. The van der Waals surface area contributed by atoms with Crippen LogP contribution in [0.2, 0.25) is 0 Å². The molecule has 0 aliphatic rings. The summed E-state index contributed by atoms with van der Waals surface area (Å²) in [6.45, 7) is 8.29. The number of thioether (sulfide) groups is 1. The third-order valence-electron chi connectivity index (χ3n) is 5.90. The second-order valence-corrected chi connectivity index (χ2v) is 11.3. The van der Waals surface area contributed by atoms with Crippen molar-refractivity contribution >= 4 is 23.6 Å². The van der Waals surface area contributed by atoms with Gasteiger partial charge < -0.3 is 15.0 Å². The lowest BCUT2D eigenvalue weighted by Gasteiger charge is -2.34. The Bertz CT molecular complexity index is 1140. The van der Waals surface area contributed by atoms with Gasteiger partial charge in [-0.05, 0) is 56.5 Å². The molecule has 1 atom stereocenters. The molecule has 3 rings (SSSR count). The first kappa shape index (κ1) is 28.3. The number of nitrogens with zero attached hydrogens (tertiary/aromatic N) is 1. The van der Waals surface area contributed by atoms with Crippen LogP contribution in [-0.2, 0) is 28.3 Å². The summed E-state index contributed by atoms with van der Waals surface area (Å²) >= 11 is 1.55. The van der Waals surface area contributed by atoms with E-state index < -0.39 is 11.6 Å². The fourth-order valence-corrected chi connectivity index (χ4v) is 4.83. The summed E-state index contributed by atoms with van der Waals surface area (Å²) < 4.78 is 5.23. The SMILES string of the molecule is COc1ccc(CSCC(=O)N(Cc2ccc(C)cc2)[C@@H](Cc2ccccc2)C(=O)NC(C)(C)C)cc1. The molecule has 0 radical (unpaired) electrons. The number of methoxy groups -OCH3 is 1. The van der Waals surface area contributed by atoms with Gasteiger partial charge in [0, 0.05) is 24.3 Å². The van der Waals surface area contributed by atoms with E-state index in [0.717, 1.165) is 28.0 Å². The highest BCUT2D eigenvalue weighted by Crippen LogP contribution is 2.20. The molecule has 0 aliphatic carbocycles. The van der Waals surface area contributed by atoms with Gasteiger partial charge >= 0.3 is 0 Å². The Balaban J connectivity index is 1.84. The maximum atomic E-state index is 13.7. The Morgan fingerprint density at radius 1 is 0.892 bits per heavy atom. The highest BCUT2D eigenvalue weighted by atomic mass is 32.2. The molecule has 0 aromatic heterocycles. The molecule has 37 heavy (non-hydrogen) atoms. The summed E-state index contributed by atoms with van der Waals surface area (Å²) in [6, 6.07) is 25.3. The smallest absolute Gasteiger partial charge is 0.243 e. The number of aryl methyl sites for hydroxylation is 1. The zero-order chi connectivity index (χ0) is 26.8. The van der Waals surface area contributed by atoms with Gasteiger partial charge in [0.15, 0.2) is 0 Å². The zero-order valence-electron chi connectivity index (χ0n) is 22.5. The van der Waals surface area contributed by atoms with Crippen LogP contribution >= 0.6 is 11.8 Å². The number of carbonyl (C=O) groups is 2. The highest BCUT2D eigenvalue weighted by molar-refractivity contribution is 7.99. The largest absolute Gasteiger partial charge is 0.497 e. The van der Waals surface area contributed by atoms with E-state index in [1.165, 1.54) is 0 Å². The number of rotatable bonds is 11. The molecular formula is C31H38N2O3S. The third kappa shape index (κ3) is 9.29. The molecule has 0 bridgehead atoms. The van der Waals surface area contributed by atoms with Gasteiger partial charge in [0.25, 0.3) is 0 Å². The summed E-state index contributed by atoms with van der Waals surface area (Å²) in [5.74, 6) is 1.60. The molecule has 0 saturated heterocycles. The maximum absolute atomic E-state index is 13.7. The standard InChI is InChI=1S/C31H38N2O3S/c1-23-11-13-25(14-12-23)20-33(29(34)22-37-21-26-15-17-27(36-5)18-16-26)28(30(35)32-31(2,3)4)19-24-9-7-6-8-10-24/h6-18,28H,19-22H2,1-5H3,(H,32,35)/t28-/m0/s1. The molecule has 0 heterocycles. The average Bonchev–Trinajstić information content (AvgIpc) is 2.87. The number of nitrogens with one attached hydrogen (secondary N) is 1. The van der Waals surface area contributed by atoms with E-state index in [9.17, 15) is 9.59 Å². The summed E-state index contributed by atoms with van der Waals surface area (Å²) in [6.07, 6.45) is 0.448. The summed E-state index contributed by atoms with van der Waals surface area (Å²) in [5, 5.41) is 3.11. The second-order valence-electron chi connectivity index (χ2n) is 10.3. The van der Waals surface area contributed by atoms with Crippen LogP contribution in [0.1, 0.15) is 43.0 Å². The highest BCUT2D eigenvalue weighted by Gasteiger charge is 2.32. The first-order chi connectivity index (χ1) is 17.6. The Morgan fingerprint density at radius 2 is 1.51 bits per heavy atom. The molecule has 3 aromatic carbocycles. The third-order valence-corrected chi connectivity index (χ3v) is 6.88. The fraction of sp³-hybridized carbons (Fsp3) is 0.355. The van der Waals surface area contributed by atoms with Crippen LogP contribution in [0.3, 0.4) is 0 Å². The molecule has 6 heteroatoms. The minimum Gasteiger partial charge on any atom is -0.497 e. The van der Waals surface area contributed by atoms with Crippen LogP contribution in [0.25, 0.3) is 0 Å². The fourth-order valence-electron chi connectivity index (χ4n) is 3.96. The van der Waals surface area contributed by atoms with Crippen molar-refractivity contribution in [3.8, 4) is 5.75 Å². The van der Waals surface area contributed by atoms with Crippen molar-refractivity contribution in [3.05, 3.63) is 101 Å². The van der Waals surface area contributed by atoms with E-state index in [4.69, 9.17) is 4.74 Å². The predicted molar refractivity (Wildman–Crippen MR) is 153 cm³/mol. The zero-order valence-corrected chi connectivity index (χ0v) is 23.3. The first-order valence-electron chi connectivity index (χ1n) is 12.6. The molecule has 0 spiro atoms. The molecule has 0 saturated carbocycles. The van der Waals surface area contributed by atoms with Crippen molar-refractivity contribution in [3.63, 3.8) is 0 Å². The van der Waals surface area contributed by atoms with Crippen LogP contribution in [-0.4, -0.2) is 41.2 Å². The molecule has 0 unspecified atom stereocenters. The van der Waals surface area contributed by atoms with E-state index in [1.54, 1.807) is 23.8 Å². The van der Waals surface area contributed by atoms with Gasteiger partial charge in [-0.15, -0.1) is 11.8 Å². The van der Waals surface area contributed by atoms with Crippen LogP contribution < -0.4 is 10.1 Å². The lowest BCUT2D eigenvalue weighted by molar-refractivity contribution is -0.140. The van der Waals surface area contributed by atoms with Crippen molar-refractivity contribution in [2.45, 2.75) is 58.0 Å². The number of carbonyl (C=O) groups excluding carboxylic acids is 2. The first-order valence-corrected chi connectivity index (χ1v) is 13.7. The molecule has 0 fully saturated rings. The molecule has 2 amide bonds. The van der Waals surface area contributed by atoms with E-state index in [-0.39, 0.29) is 17.6 Å². The number of benzene rings is 3. The molecule has 0 aliphatic heterocycles. The minimum absolute atomic E-state index is 0.0518. The van der Waals surface area contributed by atoms with E-state index in [2.05, 4.69) is 5.32 Å². The molecule has 5 nitrogen and oxygen atoms in total. The average molecular weight is 519 g/mol. The van der Waals surface area contributed by atoms with Gasteiger partial charge in [-0.2, -0.15) is 0 Å². The number of hydrogen-bond donors (Lipinski definition) is 1. The maximum Gasteiger partial charge on any atom is 0.243 e. The van der Waals surface area contributed by atoms with E-state index in [0.29, 0.717) is 18.7 Å². The van der Waals surface area contributed by atoms with E-state index in [1.807, 2.05) is 107 Å². The number of hydrogen-bond acceptors (Lipinski definition) is 4. The lowest BCUT2D eigenvalue weighted by atomic mass is 10.0. The van der Waals surface area contributed by atoms with Crippen LogP contribution in [0.4, 0.5) is 0 Å². The molecule has 196 valence electrons. The molecular weight excluding hydrogens is 480 g/mol. The van der Waals surface area contributed by atoms with Crippen molar-refractivity contribution in [1.29, 1.82) is 0 Å². The van der Waals surface area contributed by atoms with E-state index >= 15 is 0 Å². The normalized spacial score (nSPS) is 12.0. The van der Waals surface area contributed by atoms with Gasteiger partial charge in [0.1, 0.15) is 11.8 Å². The molecule has 1 N–H and O–H groups in total. The summed E-state index contributed by atoms with van der Waals surface area (Å²) in [4.78, 5) is 29.0. The number of amides is 2. The van der Waals surface area contributed by atoms with Crippen LogP contribution in [0.5, 0.6) is 5.75 Å². The van der Waals surface area contributed by atoms with Crippen molar-refractivity contribution in [2.24, 2.45) is 0 Å². The van der Waals surface area contributed by atoms with Gasteiger partial charge in [-0.3, -0.25) is 9.59 Å². The Morgan fingerprint density at radius 3 is 2.11 bits per heavy atom. The molecule has 3 aromatic rings. The van der Waals surface area contributed by atoms with Crippen LogP contribution in [0.15, 0.2) is 78.9 Å². The second kappa shape index (κ2) is 13.3. The minimum atomic E-state index is -0.628. The predicted octanol–water partition coefficient (Wildman–Crippen LogP) is 5.79. The Hall–Kier alpha value is -3.25. The Labute approximate surface area is 225 Å². The van der Waals surface area contributed by atoms with Crippen molar-refractivity contribution in [1.82, 2.24) is 10.2 Å². The quantitative estimate of drug-likeness (QED) is 0.349. The van der Waals surface area contributed by atoms with Gasteiger partial charge in [-0.1, -0.05) is 72.3 Å². The van der Waals surface area contributed by atoms with Crippen LogP contribution in [0, 0.1) is 6.92 Å². The number of ether oxygens (including phenoxy) is 1. The van der Waals surface area contributed by atoms with Gasteiger partial charge in [0.05, 0.1) is 12.9 Å². The van der Waals surface area contributed by atoms with Gasteiger partial charge in [0.2, 0.25) is 11.8 Å². The Kier molecular flexibility index (Phi) is 10.2. The topological polar surface area (TPSA) is 58.6 Å². The summed E-state index contributed by atoms with van der Waals surface area (Å²) in [7, 11) is 1.65. The monoisotopic (exact) mass is 518 g/mol. The van der Waals surface area contributed by atoms with Gasteiger partial charge in [-0.25, -0.2) is 0 Å². The van der Waals surface area contributed by atoms with Crippen molar-refractivity contribution in [2.75, 3.05) is 12.9 Å². The van der Waals surface area contributed by atoms with Crippen molar-refractivity contribution < 1.29 is 14.3 Å². The summed E-state index contributed by atoms with van der Waals surface area (Å²) in [5.41, 5.74) is 3.89.